The third-order valence-electron chi connectivity index (χ3n) is 2.29. The molecule has 0 atom stereocenters. The molecule has 0 unspecified atom stereocenters. The summed E-state index contributed by atoms with van der Waals surface area (Å²) in [6, 6.07) is 0. The molecule has 0 radical (unpaired) electrons. The predicted molar refractivity (Wildman–Crippen MR) is 73.7 cm³/mol. The molecule has 3 N–H and O–H groups in total. The van der Waals surface area contributed by atoms with Gasteiger partial charge in [-0.1, -0.05) is 0 Å². The maximum Gasteiger partial charge on any atom is 0.344 e. The molecule has 0 aliphatic carbocycles. The number of aromatic nitrogens is 1. The second-order valence-electron chi connectivity index (χ2n) is 3.65. The minimum atomic E-state index is -0.481. The molecule has 0 amide bonds. The first-order valence-corrected chi connectivity index (χ1v) is 6.62. The number of carbonyl (C=O) groups excluding carboxylic acids is 1. The van der Waals surface area contributed by atoms with Gasteiger partial charge in [0.25, 0.3) is 0 Å². The highest BCUT2D eigenvalue weighted by molar-refractivity contribution is 7.11. The normalized spacial score (nSPS) is 10.4. The highest BCUT2D eigenvalue weighted by Crippen LogP contribution is 2.27. The number of methoxy groups -OCH3 is 2. The summed E-state index contributed by atoms with van der Waals surface area (Å²) in [6.07, 6.45) is 0.808. The molecule has 0 aromatic carbocycles. The van der Waals surface area contributed by atoms with Crippen LogP contribution < -0.4 is 11.1 Å². The van der Waals surface area contributed by atoms with E-state index in [1.807, 2.05) is 0 Å². The van der Waals surface area contributed by atoms with Gasteiger partial charge in [0.2, 0.25) is 0 Å². The first-order chi connectivity index (χ1) is 9.20. The number of hydrogen-bond acceptors (Lipinski definition) is 8. The van der Waals surface area contributed by atoms with E-state index in [0.717, 1.165) is 18.0 Å². The number of hydrogen-bond donors (Lipinski definition) is 2. The number of esters is 1. The van der Waals surface area contributed by atoms with Crippen LogP contribution in [0.25, 0.3) is 0 Å². The lowest BCUT2D eigenvalue weighted by Gasteiger charge is -2.06. The van der Waals surface area contributed by atoms with Crippen LogP contribution in [0.15, 0.2) is 0 Å². The Hall–Kier alpha value is -1.38. The van der Waals surface area contributed by atoms with E-state index in [0.29, 0.717) is 36.9 Å². The number of nitrogens with one attached hydrogen (secondary N) is 1. The van der Waals surface area contributed by atoms with Gasteiger partial charge in [0.05, 0.1) is 20.3 Å². The fourth-order valence-electron chi connectivity index (χ4n) is 1.34. The van der Waals surface area contributed by atoms with Gasteiger partial charge in [-0.3, -0.25) is 0 Å². The highest BCUT2D eigenvalue weighted by Gasteiger charge is 2.19. The van der Waals surface area contributed by atoms with Crippen LogP contribution in [0.2, 0.25) is 0 Å². The Kier molecular flexibility index (Phi) is 7.16. The summed E-state index contributed by atoms with van der Waals surface area (Å²) in [5, 5.41) is 3.73. The fraction of sp³-hybridized carbons (Fsp3) is 0.636. The molecule has 19 heavy (non-hydrogen) atoms. The zero-order chi connectivity index (χ0) is 14.1. The van der Waals surface area contributed by atoms with Crippen molar-refractivity contribution in [1.29, 1.82) is 0 Å². The molecular weight excluding hydrogens is 270 g/mol. The molecule has 0 saturated carbocycles. The SMILES string of the molecule is COCCOCCCNc1snc(N)c1C(=O)OC. The van der Waals surface area contributed by atoms with Gasteiger partial charge < -0.3 is 25.3 Å². The van der Waals surface area contributed by atoms with Crippen LogP contribution in [-0.4, -0.2) is 50.9 Å². The first-order valence-electron chi connectivity index (χ1n) is 5.84. The van der Waals surface area contributed by atoms with E-state index in [2.05, 4.69) is 14.4 Å². The molecule has 7 nitrogen and oxygen atoms in total. The Bertz CT molecular complexity index is 397. The van der Waals surface area contributed by atoms with Crippen molar-refractivity contribution in [2.24, 2.45) is 0 Å². The highest BCUT2D eigenvalue weighted by atomic mass is 32.1. The maximum absolute atomic E-state index is 11.5. The Labute approximate surface area is 116 Å². The molecule has 8 heteroatoms. The molecule has 0 spiro atoms. The summed E-state index contributed by atoms with van der Waals surface area (Å²) >= 11 is 1.14. The third kappa shape index (κ3) is 5.01. The van der Waals surface area contributed by atoms with Crippen LogP contribution in [-0.2, 0) is 14.2 Å². The number of nitrogens with two attached hydrogens (primary N) is 1. The van der Waals surface area contributed by atoms with Crippen LogP contribution in [0.3, 0.4) is 0 Å². The standard InChI is InChI=1S/C11H19N3O4S/c1-16-6-7-18-5-3-4-13-10-8(11(15)17-2)9(12)14-19-10/h13H,3-7H2,1-2H3,(H2,12,14). The van der Waals surface area contributed by atoms with Gasteiger partial charge in [-0.2, -0.15) is 4.37 Å². The summed E-state index contributed by atoms with van der Waals surface area (Å²) in [4.78, 5) is 11.5. The van der Waals surface area contributed by atoms with Crippen LogP contribution >= 0.6 is 11.5 Å². The van der Waals surface area contributed by atoms with Crippen molar-refractivity contribution in [3.05, 3.63) is 5.56 Å². The zero-order valence-corrected chi connectivity index (χ0v) is 11.9. The summed E-state index contributed by atoms with van der Waals surface area (Å²) < 4.78 is 18.8. The smallest absolute Gasteiger partial charge is 0.344 e. The topological polar surface area (TPSA) is 95.7 Å². The number of nitrogen functional groups attached to an aromatic ring is 1. The molecule has 1 aromatic heterocycles. The average molecular weight is 289 g/mol. The number of ether oxygens (including phenoxy) is 3. The Morgan fingerprint density at radius 3 is 2.84 bits per heavy atom. The molecule has 0 aliphatic heterocycles. The van der Waals surface area contributed by atoms with Crippen molar-refractivity contribution in [2.45, 2.75) is 6.42 Å². The average Bonchev–Trinajstić information content (AvgIpc) is 2.78. The van der Waals surface area contributed by atoms with Gasteiger partial charge in [0.15, 0.2) is 5.82 Å². The summed E-state index contributed by atoms with van der Waals surface area (Å²) in [5.41, 5.74) is 5.92. The largest absolute Gasteiger partial charge is 0.465 e. The van der Waals surface area contributed by atoms with E-state index in [9.17, 15) is 4.79 Å². The number of carbonyl (C=O) groups is 1. The van der Waals surface area contributed by atoms with E-state index in [1.165, 1.54) is 7.11 Å². The van der Waals surface area contributed by atoms with Crippen molar-refractivity contribution >= 4 is 28.3 Å². The monoisotopic (exact) mass is 289 g/mol. The molecule has 1 aromatic rings. The lowest BCUT2D eigenvalue weighted by Crippen LogP contribution is -2.11. The van der Waals surface area contributed by atoms with Gasteiger partial charge in [0.1, 0.15) is 10.6 Å². The lowest BCUT2D eigenvalue weighted by molar-refractivity contribution is 0.0603. The van der Waals surface area contributed by atoms with Gasteiger partial charge in [-0.05, 0) is 18.0 Å². The quantitative estimate of drug-likeness (QED) is 0.516. The van der Waals surface area contributed by atoms with Gasteiger partial charge >= 0.3 is 5.97 Å². The van der Waals surface area contributed by atoms with E-state index >= 15 is 0 Å². The van der Waals surface area contributed by atoms with E-state index in [4.69, 9.17) is 15.2 Å². The van der Waals surface area contributed by atoms with Crippen molar-refractivity contribution in [1.82, 2.24) is 4.37 Å². The second-order valence-corrected chi connectivity index (χ2v) is 4.42. The molecule has 1 heterocycles. The summed E-state index contributed by atoms with van der Waals surface area (Å²) in [7, 11) is 2.94. The van der Waals surface area contributed by atoms with Crippen molar-refractivity contribution in [3.63, 3.8) is 0 Å². The number of anilines is 2. The van der Waals surface area contributed by atoms with Crippen LogP contribution in [0.1, 0.15) is 16.8 Å². The molecule has 108 valence electrons. The molecule has 0 saturated heterocycles. The van der Waals surface area contributed by atoms with Gasteiger partial charge in [-0.25, -0.2) is 4.79 Å². The Morgan fingerprint density at radius 1 is 1.37 bits per heavy atom. The van der Waals surface area contributed by atoms with Crippen LogP contribution in [0.5, 0.6) is 0 Å². The van der Waals surface area contributed by atoms with Gasteiger partial charge in [0, 0.05) is 20.3 Å². The zero-order valence-electron chi connectivity index (χ0n) is 11.1. The molecule has 0 bridgehead atoms. The minimum absolute atomic E-state index is 0.190. The minimum Gasteiger partial charge on any atom is -0.465 e. The van der Waals surface area contributed by atoms with Crippen LogP contribution in [0.4, 0.5) is 10.8 Å². The van der Waals surface area contributed by atoms with Gasteiger partial charge in [-0.15, -0.1) is 0 Å². The Balaban J connectivity index is 2.31. The molecule has 0 aliphatic rings. The van der Waals surface area contributed by atoms with Crippen molar-refractivity contribution < 1.29 is 19.0 Å². The molecular formula is C11H19N3O4S. The van der Waals surface area contributed by atoms with Crippen LogP contribution in [0, 0.1) is 0 Å². The van der Waals surface area contributed by atoms with E-state index in [-0.39, 0.29) is 5.82 Å². The maximum atomic E-state index is 11.5. The van der Waals surface area contributed by atoms with E-state index in [1.54, 1.807) is 7.11 Å². The summed E-state index contributed by atoms with van der Waals surface area (Å²) in [5.74, 6) is -0.291. The van der Waals surface area contributed by atoms with Crippen molar-refractivity contribution in [3.8, 4) is 0 Å². The Morgan fingerprint density at radius 2 is 2.16 bits per heavy atom. The molecule has 0 fully saturated rings. The fourth-order valence-corrected chi connectivity index (χ4v) is 2.07. The van der Waals surface area contributed by atoms with E-state index < -0.39 is 5.97 Å². The molecule has 1 rings (SSSR count). The second kappa shape index (κ2) is 8.68. The first kappa shape index (κ1) is 15.7. The predicted octanol–water partition coefficient (Wildman–Crippen LogP) is 0.977. The summed E-state index contributed by atoms with van der Waals surface area (Å²) in [6.45, 7) is 2.46. The third-order valence-corrected chi connectivity index (χ3v) is 3.11. The number of nitrogens with zero attached hydrogens (tertiary/aromatic N) is 1. The lowest BCUT2D eigenvalue weighted by atomic mass is 10.3. The number of rotatable bonds is 9. The van der Waals surface area contributed by atoms with Crippen molar-refractivity contribution in [2.75, 3.05) is 51.6 Å².